The molecule has 0 bridgehead atoms. The number of nitrogens with one attached hydrogen (secondary N) is 1. The molecule has 1 amide bonds. The number of amides is 1. The third kappa shape index (κ3) is 4.82. The molecule has 6 heteroatoms. The number of nitrogens with zero attached hydrogens (tertiary/aromatic N) is 1. The van der Waals surface area contributed by atoms with Crippen molar-refractivity contribution >= 4 is 23.4 Å². The monoisotopic (exact) mass is 358 g/mol. The smallest absolute Gasteiger partial charge is 0.282 e. The van der Waals surface area contributed by atoms with Crippen LogP contribution in [0.3, 0.4) is 0 Å². The average Bonchev–Trinajstić information content (AvgIpc) is 2.56. The number of hydrogen-bond donors (Lipinski definition) is 1. The first kappa shape index (κ1) is 19.0. The van der Waals surface area contributed by atoms with Crippen molar-refractivity contribution in [1.29, 1.82) is 0 Å². The molecule has 0 fully saturated rings. The molecule has 2 aromatic carbocycles. The first-order valence-corrected chi connectivity index (χ1v) is 9.23. The zero-order chi connectivity index (χ0) is 18.6. The minimum atomic E-state index is -0.520. The molecule has 5 nitrogen and oxygen atoms in total. The first-order chi connectivity index (χ1) is 11.8. The molecule has 0 aliphatic heterocycles. The second kappa shape index (κ2) is 8.16. The Kier molecular flexibility index (Phi) is 6.20. The van der Waals surface area contributed by atoms with E-state index in [2.05, 4.69) is 17.4 Å². The van der Waals surface area contributed by atoms with Crippen molar-refractivity contribution in [2.75, 3.05) is 6.26 Å². The largest absolute Gasteiger partial charge is 0.349 e. The van der Waals surface area contributed by atoms with Gasteiger partial charge in [0, 0.05) is 17.0 Å². The maximum atomic E-state index is 12.6. The molecule has 0 saturated heterocycles. The normalized spacial score (nSPS) is 11.8. The highest BCUT2D eigenvalue weighted by Crippen LogP contribution is 2.25. The van der Waals surface area contributed by atoms with Gasteiger partial charge in [-0.1, -0.05) is 23.8 Å². The predicted octanol–water partition coefficient (Wildman–Crippen LogP) is 4.29. The third-order valence-corrected chi connectivity index (χ3v) is 4.77. The molecule has 0 aliphatic carbocycles. The van der Waals surface area contributed by atoms with Crippen molar-refractivity contribution in [1.82, 2.24) is 5.32 Å². The van der Waals surface area contributed by atoms with Crippen LogP contribution in [0.25, 0.3) is 0 Å². The summed E-state index contributed by atoms with van der Waals surface area (Å²) in [7, 11) is 0. The van der Waals surface area contributed by atoms with Crippen LogP contribution in [0.4, 0.5) is 5.69 Å². The summed E-state index contributed by atoms with van der Waals surface area (Å²) in [5, 5.41) is 14.1. The fourth-order valence-electron chi connectivity index (χ4n) is 2.74. The van der Waals surface area contributed by atoms with Crippen LogP contribution in [-0.2, 0) is 6.42 Å². The Bertz CT molecular complexity index is 805. The summed E-state index contributed by atoms with van der Waals surface area (Å²) in [6.45, 7) is 5.99. The lowest BCUT2D eigenvalue weighted by atomic mass is 9.99. The minimum absolute atomic E-state index is 0.101. The molecule has 1 unspecified atom stereocenters. The molecule has 0 heterocycles. The molecule has 2 rings (SSSR count). The highest BCUT2D eigenvalue weighted by Gasteiger charge is 2.22. The van der Waals surface area contributed by atoms with Crippen molar-refractivity contribution in [2.24, 2.45) is 0 Å². The van der Waals surface area contributed by atoms with Gasteiger partial charge in [-0.05, 0) is 56.7 Å². The van der Waals surface area contributed by atoms with Crippen LogP contribution in [0.1, 0.15) is 34.0 Å². The van der Waals surface area contributed by atoms with Gasteiger partial charge in [-0.15, -0.1) is 11.8 Å². The molecule has 0 aliphatic rings. The van der Waals surface area contributed by atoms with Crippen molar-refractivity contribution in [3.05, 3.63) is 68.8 Å². The van der Waals surface area contributed by atoms with Gasteiger partial charge in [0.15, 0.2) is 0 Å². The molecule has 0 spiro atoms. The lowest BCUT2D eigenvalue weighted by Gasteiger charge is -2.16. The molecule has 1 N–H and O–H groups in total. The predicted molar refractivity (Wildman–Crippen MR) is 101 cm³/mol. The Morgan fingerprint density at radius 2 is 1.96 bits per heavy atom. The standard InChI is InChI=1S/C19H22N2O3S/c1-12-5-6-15(13(2)9-12)10-14(3)20-19(22)17-11-16(25-4)7-8-18(17)21(23)24/h5-9,11,14H,10H2,1-4H3,(H,20,22). The average molecular weight is 358 g/mol. The van der Waals surface area contributed by atoms with Crippen molar-refractivity contribution in [3.8, 4) is 0 Å². The zero-order valence-corrected chi connectivity index (χ0v) is 15.6. The van der Waals surface area contributed by atoms with E-state index < -0.39 is 10.8 Å². The van der Waals surface area contributed by atoms with E-state index >= 15 is 0 Å². The second-order valence-corrected chi connectivity index (χ2v) is 7.03. The van der Waals surface area contributed by atoms with Crippen LogP contribution in [0, 0.1) is 24.0 Å². The van der Waals surface area contributed by atoms with Crippen LogP contribution in [0.15, 0.2) is 41.3 Å². The molecule has 0 saturated carbocycles. The minimum Gasteiger partial charge on any atom is -0.349 e. The molecule has 0 aromatic heterocycles. The van der Waals surface area contributed by atoms with Gasteiger partial charge in [0.25, 0.3) is 11.6 Å². The molecular weight excluding hydrogens is 336 g/mol. The summed E-state index contributed by atoms with van der Waals surface area (Å²) in [5.41, 5.74) is 3.46. The fraction of sp³-hybridized carbons (Fsp3) is 0.316. The van der Waals surface area contributed by atoms with Crippen molar-refractivity contribution in [2.45, 2.75) is 38.1 Å². The topological polar surface area (TPSA) is 72.2 Å². The quantitative estimate of drug-likeness (QED) is 0.475. The van der Waals surface area contributed by atoms with Gasteiger partial charge in [0.1, 0.15) is 5.56 Å². The number of aryl methyl sites for hydroxylation is 2. The SMILES string of the molecule is CSc1ccc([N+](=O)[O-])c(C(=O)NC(C)Cc2ccc(C)cc2C)c1. The van der Waals surface area contributed by atoms with Crippen LogP contribution >= 0.6 is 11.8 Å². The number of rotatable bonds is 6. The van der Waals surface area contributed by atoms with E-state index in [-0.39, 0.29) is 17.3 Å². The number of carbonyl (C=O) groups excluding carboxylic acids is 1. The van der Waals surface area contributed by atoms with Gasteiger partial charge in [0.2, 0.25) is 0 Å². The summed E-state index contributed by atoms with van der Waals surface area (Å²) >= 11 is 1.44. The maximum absolute atomic E-state index is 12.6. The maximum Gasteiger partial charge on any atom is 0.282 e. The molecule has 132 valence electrons. The fourth-order valence-corrected chi connectivity index (χ4v) is 3.18. The van der Waals surface area contributed by atoms with E-state index in [1.807, 2.05) is 33.1 Å². The van der Waals surface area contributed by atoms with Crippen LogP contribution in [0.5, 0.6) is 0 Å². The number of carbonyl (C=O) groups is 1. The summed E-state index contributed by atoms with van der Waals surface area (Å²) in [5.74, 6) is -0.417. The van der Waals surface area contributed by atoms with Gasteiger partial charge in [-0.25, -0.2) is 0 Å². The Balaban J connectivity index is 2.17. The number of nitro benzene ring substituents is 1. The summed E-state index contributed by atoms with van der Waals surface area (Å²) in [6, 6.07) is 10.7. The number of thioether (sulfide) groups is 1. The van der Waals surface area contributed by atoms with Crippen molar-refractivity contribution < 1.29 is 9.72 Å². The Labute approximate surface area is 152 Å². The lowest BCUT2D eigenvalue weighted by Crippen LogP contribution is -2.34. The van der Waals surface area contributed by atoms with E-state index in [4.69, 9.17) is 0 Å². The zero-order valence-electron chi connectivity index (χ0n) is 14.8. The Morgan fingerprint density at radius 1 is 1.24 bits per heavy atom. The first-order valence-electron chi connectivity index (χ1n) is 8.01. The Morgan fingerprint density at radius 3 is 2.56 bits per heavy atom. The molecule has 25 heavy (non-hydrogen) atoms. The van der Waals surface area contributed by atoms with Crippen LogP contribution in [0.2, 0.25) is 0 Å². The number of benzene rings is 2. The van der Waals surface area contributed by atoms with E-state index in [9.17, 15) is 14.9 Å². The molecular formula is C19H22N2O3S. The highest BCUT2D eigenvalue weighted by atomic mass is 32.2. The molecule has 0 radical (unpaired) electrons. The summed E-state index contributed by atoms with van der Waals surface area (Å²) < 4.78 is 0. The van der Waals surface area contributed by atoms with Gasteiger partial charge < -0.3 is 5.32 Å². The highest BCUT2D eigenvalue weighted by molar-refractivity contribution is 7.98. The molecule has 2 aromatic rings. The second-order valence-electron chi connectivity index (χ2n) is 6.15. The third-order valence-electron chi connectivity index (χ3n) is 4.05. The van der Waals surface area contributed by atoms with E-state index in [0.29, 0.717) is 6.42 Å². The van der Waals surface area contributed by atoms with Gasteiger partial charge in [-0.3, -0.25) is 14.9 Å². The summed E-state index contributed by atoms with van der Waals surface area (Å²) in [6.07, 6.45) is 2.54. The van der Waals surface area contributed by atoms with Gasteiger partial charge in [-0.2, -0.15) is 0 Å². The van der Waals surface area contributed by atoms with E-state index in [1.165, 1.54) is 29.0 Å². The lowest BCUT2D eigenvalue weighted by molar-refractivity contribution is -0.385. The van der Waals surface area contributed by atoms with Crippen molar-refractivity contribution in [3.63, 3.8) is 0 Å². The van der Waals surface area contributed by atoms with E-state index in [1.54, 1.807) is 12.1 Å². The van der Waals surface area contributed by atoms with Gasteiger partial charge in [0.05, 0.1) is 4.92 Å². The summed E-state index contributed by atoms with van der Waals surface area (Å²) in [4.78, 5) is 24.0. The number of nitro groups is 1. The number of hydrogen-bond acceptors (Lipinski definition) is 4. The van der Waals surface area contributed by atoms with Crippen LogP contribution < -0.4 is 5.32 Å². The molecule has 1 atom stereocenters. The Hall–Kier alpha value is -2.34. The van der Waals surface area contributed by atoms with Crippen LogP contribution in [-0.4, -0.2) is 23.1 Å². The van der Waals surface area contributed by atoms with E-state index in [0.717, 1.165) is 10.5 Å². The van der Waals surface area contributed by atoms with Gasteiger partial charge >= 0.3 is 0 Å².